The number of amides is 1. The SMILES string of the molecule is CN(C)c1ncccc1C(=O)N1CC(S(=O)(=O)Nc2ccccc2)C1. The second kappa shape index (κ2) is 6.72. The fraction of sp³-hybridized carbons (Fsp3) is 0.294. The standard InChI is InChI=1S/C17H20N4O3S/c1-20(2)16-15(9-6-10-18-16)17(22)21-11-14(12-21)25(23,24)19-13-7-4-3-5-8-13/h3-10,14,19H,11-12H2,1-2H3. The third-order valence-corrected chi connectivity index (χ3v) is 5.74. The quantitative estimate of drug-likeness (QED) is 0.872. The van der Waals surface area contributed by atoms with E-state index in [1.54, 1.807) is 47.5 Å². The van der Waals surface area contributed by atoms with Crippen molar-refractivity contribution in [2.75, 3.05) is 36.8 Å². The average molecular weight is 360 g/mol. The van der Waals surface area contributed by atoms with Crippen molar-refractivity contribution in [3.63, 3.8) is 0 Å². The lowest BCUT2D eigenvalue weighted by Crippen LogP contribution is -2.58. The van der Waals surface area contributed by atoms with Crippen LogP contribution in [-0.2, 0) is 10.0 Å². The summed E-state index contributed by atoms with van der Waals surface area (Å²) in [6.07, 6.45) is 1.62. The normalized spacial score (nSPS) is 14.7. The molecule has 2 aromatic rings. The number of carbonyl (C=O) groups excluding carboxylic acids is 1. The maximum Gasteiger partial charge on any atom is 0.257 e. The van der Waals surface area contributed by atoms with Crippen LogP contribution in [0.15, 0.2) is 48.7 Å². The molecule has 7 nitrogen and oxygen atoms in total. The van der Waals surface area contributed by atoms with Gasteiger partial charge in [0.25, 0.3) is 5.91 Å². The molecule has 1 amide bonds. The summed E-state index contributed by atoms with van der Waals surface area (Å²) in [5, 5.41) is -0.615. The molecule has 3 rings (SSSR count). The molecule has 1 aromatic heterocycles. The first-order valence-electron chi connectivity index (χ1n) is 7.87. The highest BCUT2D eigenvalue weighted by atomic mass is 32.2. The highest BCUT2D eigenvalue weighted by molar-refractivity contribution is 7.93. The Labute approximate surface area is 147 Å². The van der Waals surface area contributed by atoms with E-state index in [4.69, 9.17) is 0 Å². The molecule has 0 unspecified atom stereocenters. The molecule has 0 spiro atoms. The van der Waals surface area contributed by atoms with Crippen LogP contribution in [0.5, 0.6) is 0 Å². The molecule has 1 fully saturated rings. The number of likely N-dealkylation sites (tertiary alicyclic amines) is 1. The molecule has 1 N–H and O–H groups in total. The molecule has 0 saturated carbocycles. The van der Waals surface area contributed by atoms with Crippen LogP contribution in [0.1, 0.15) is 10.4 Å². The first-order chi connectivity index (χ1) is 11.9. The molecular weight excluding hydrogens is 340 g/mol. The van der Waals surface area contributed by atoms with Crippen LogP contribution in [0, 0.1) is 0 Å². The number of hydrogen-bond acceptors (Lipinski definition) is 5. The third-order valence-electron chi connectivity index (χ3n) is 4.05. The Morgan fingerprint density at radius 2 is 1.84 bits per heavy atom. The monoisotopic (exact) mass is 360 g/mol. The van der Waals surface area contributed by atoms with Crippen molar-refractivity contribution < 1.29 is 13.2 Å². The summed E-state index contributed by atoms with van der Waals surface area (Å²) >= 11 is 0. The predicted molar refractivity (Wildman–Crippen MR) is 97.2 cm³/mol. The number of benzene rings is 1. The summed E-state index contributed by atoms with van der Waals surface area (Å²) in [6.45, 7) is 0.339. The van der Waals surface area contributed by atoms with Crippen molar-refractivity contribution in [1.82, 2.24) is 9.88 Å². The van der Waals surface area contributed by atoms with Crippen LogP contribution in [0.25, 0.3) is 0 Å². The van der Waals surface area contributed by atoms with Crippen LogP contribution in [-0.4, -0.2) is 56.6 Å². The van der Waals surface area contributed by atoms with E-state index in [1.807, 2.05) is 20.2 Å². The van der Waals surface area contributed by atoms with Crippen LogP contribution in [0.4, 0.5) is 11.5 Å². The molecule has 8 heteroatoms. The van der Waals surface area contributed by atoms with Crippen molar-refractivity contribution >= 4 is 27.4 Å². The average Bonchev–Trinajstić information content (AvgIpc) is 2.53. The summed E-state index contributed by atoms with van der Waals surface area (Å²) in [4.78, 5) is 20.1. The highest BCUT2D eigenvalue weighted by Gasteiger charge is 2.40. The number of aromatic nitrogens is 1. The van der Waals surface area contributed by atoms with E-state index in [1.165, 1.54) is 4.90 Å². The number of carbonyl (C=O) groups is 1. The molecular formula is C17H20N4O3S. The molecule has 25 heavy (non-hydrogen) atoms. The van der Waals surface area contributed by atoms with Crippen LogP contribution in [0.3, 0.4) is 0 Å². The molecule has 0 bridgehead atoms. The van der Waals surface area contributed by atoms with Gasteiger partial charge in [0, 0.05) is 39.1 Å². The van der Waals surface area contributed by atoms with Gasteiger partial charge in [0.1, 0.15) is 11.1 Å². The Bertz CT molecular complexity index is 862. The fourth-order valence-electron chi connectivity index (χ4n) is 2.64. The van der Waals surface area contributed by atoms with Gasteiger partial charge in [-0.15, -0.1) is 0 Å². The van der Waals surface area contributed by atoms with Crippen molar-refractivity contribution in [1.29, 1.82) is 0 Å². The van der Waals surface area contributed by atoms with Gasteiger partial charge in [0.15, 0.2) is 0 Å². The summed E-state index contributed by atoms with van der Waals surface area (Å²) in [5.74, 6) is 0.365. The van der Waals surface area contributed by atoms with Crippen molar-refractivity contribution in [3.8, 4) is 0 Å². The van der Waals surface area contributed by atoms with Crippen LogP contribution in [0.2, 0.25) is 0 Å². The molecule has 1 saturated heterocycles. The number of rotatable bonds is 5. The number of para-hydroxylation sites is 1. The van der Waals surface area contributed by atoms with E-state index in [9.17, 15) is 13.2 Å². The fourth-order valence-corrected chi connectivity index (χ4v) is 4.03. The van der Waals surface area contributed by atoms with E-state index in [0.29, 0.717) is 17.1 Å². The van der Waals surface area contributed by atoms with E-state index >= 15 is 0 Å². The molecule has 1 aliphatic rings. The van der Waals surface area contributed by atoms with E-state index in [2.05, 4.69) is 9.71 Å². The first-order valence-corrected chi connectivity index (χ1v) is 9.41. The van der Waals surface area contributed by atoms with Gasteiger partial charge in [0.05, 0.1) is 5.56 Å². The lowest BCUT2D eigenvalue weighted by molar-refractivity contribution is 0.0659. The maximum absolute atomic E-state index is 12.6. The molecule has 132 valence electrons. The Morgan fingerprint density at radius 3 is 2.48 bits per heavy atom. The Balaban J connectivity index is 1.67. The van der Waals surface area contributed by atoms with Gasteiger partial charge in [-0.3, -0.25) is 9.52 Å². The topological polar surface area (TPSA) is 82.6 Å². The summed E-state index contributed by atoms with van der Waals surface area (Å²) < 4.78 is 27.3. The first kappa shape index (κ1) is 17.2. The Morgan fingerprint density at radius 1 is 1.16 bits per heavy atom. The minimum atomic E-state index is -3.52. The van der Waals surface area contributed by atoms with Gasteiger partial charge in [-0.1, -0.05) is 18.2 Å². The lowest BCUT2D eigenvalue weighted by Gasteiger charge is -2.38. The van der Waals surface area contributed by atoms with Crippen molar-refractivity contribution in [2.24, 2.45) is 0 Å². The molecule has 2 heterocycles. The molecule has 0 radical (unpaired) electrons. The summed E-state index contributed by atoms with van der Waals surface area (Å²) in [5.41, 5.74) is 0.994. The number of sulfonamides is 1. The van der Waals surface area contributed by atoms with Gasteiger partial charge in [-0.2, -0.15) is 0 Å². The largest absolute Gasteiger partial charge is 0.362 e. The number of pyridine rings is 1. The summed E-state index contributed by atoms with van der Waals surface area (Å²) in [6, 6.07) is 12.1. The minimum Gasteiger partial charge on any atom is -0.362 e. The number of nitrogens with one attached hydrogen (secondary N) is 1. The lowest BCUT2D eigenvalue weighted by atomic mass is 10.1. The second-order valence-electron chi connectivity index (χ2n) is 6.11. The number of hydrogen-bond donors (Lipinski definition) is 1. The zero-order valence-electron chi connectivity index (χ0n) is 14.1. The second-order valence-corrected chi connectivity index (χ2v) is 8.08. The van der Waals surface area contributed by atoms with Crippen molar-refractivity contribution in [3.05, 3.63) is 54.2 Å². The molecule has 0 aliphatic carbocycles. The van der Waals surface area contributed by atoms with Gasteiger partial charge >= 0.3 is 0 Å². The van der Waals surface area contributed by atoms with Gasteiger partial charge in [-0.05, 0) is 24.3 Å². The van der Waals surface area contributed by atoms with Crippen LogP contribution >= 0.6 is 0 Å². The molecule has 0 atom stereocenters. The van der Waals surface area contributed by atoms with E-state index < -0.39 is 15.3 Å². The van der Waals surface area contributed by atoms with Crippen LogP contribution < -0.4 is 9.62 Å². The Hall–Kier alpha value is -2.61. The summed E-state index contributed by atoms with van der Waals surface area (Å²) in [7, 11) is 0.102. The number of anilines is 2. The third kappa shape index (κ3) is 3.58. The predicted octanol–water partition coefficient (Wildman–Crippen LogP) is 1.41. The highest BCUT2D eigenvalue weighted by Crippen LogP contribution is 2.24. The van der Waals surface area contributed by atoms with Gasteiger partial charge in [0.2, 0.25) is 10.0 Å². The molecule has 1 aromatic carbocycles. The Kier molecular flexibility index (Phi) is 4.63. The zero-order chi connectivity index (χ0) is 18.0. The van der Waals surface area contributed by atoms with E-state index in [0.717, 1.165) is 0 Å². The zero-order valence-corrected chi connectivity index (χ0v) is 14.9. The van der Waals surface area contributed by atoms with Gasteiger partial charge in [-0.25, -0.2) is 13.4 Å². The van der Waals surface area contributed by atoms with E-state index in [-0.39, 0.29) is 19.0 Å². The smallest absolute Gasteiger partial charge is 0.257 e. The maximum atomic E-state index is 12.6. The number of nitrogens with zero attached hydrogens (tertiary/aromatic N) is 3. The van der Waals surface area contributed by atoms with Crippen molar-refractivity contribution in [2.45, 2.75) is 5.25 Å². The van der Waals surface area contributed by atoms with Gasteiger partial charge < -0.3 is 9.80 Å². The molecule has 1 aliphatic heterocycles. The minimum absolute atomic E-state index is 0.169.